The molecule has 1 N–H and O–H groups in total. The molecule has 1 heterocycles. The van der Waals surface area contributed by atoms with E-state index in [1.165, 1.54) is 12.8 Å². The highest BCUT2D eigenvalue weighted by Gasteiger charge is 2.21. The number of hydrogen-bond acceptors (Lipinski definition) is 4. The Morgan fingerprint density at radius 2 is 1.76 bits per heavy atom. The highest BCUT2D eigenvalue weighted by atomic mass is 16.5. The number of ether oxygens (including phenoxy) is 3. The molecule has 2 aliphatic rings. The van der Waals surface area contributed by atoms with Gasteiger partial charge in [-0.25, -0.2) is 0 Å². The molecule has 1 aliphatic heterocycles. The first-order valence-corrected chi connectivity index (χ1v) is 10.0. The predicted molar refractivity (Wildman–Crippen MR) is 101 cm³/mol. The standard InChI is InChI=1S/C19H37N3O3/c1-3-20-19(22(2)10-14-25-15-17-5-6-17)21-9-4-11-24-16-18-7-12-23-13-8-18/h17-18H,3-16H2,1-2H3,(H,20,21). The molecule has 0 amide bonds. The maximum Gasteiger partial charge on any atom is 0.193 e. The Morgan fingerprint density at radius 3 is 2.44 bits per heavy atom. The minimum atomic E-state index is 0.677. The molecule has 1 saturated heterocycles. The lowest BCUT2D eigenvalue weighted by Crippen LogP contribution is -2.40. The van der Waals surface area contributed by atoms with E-state index in [1.807, 2.05) is 0 Å². The van der Waals surface area contributed by atoms with E-state index in [4.69, 9.17) is 19.2 Å². The molecule has 0 unspecified atom stereocenters. The average molecular weight is 356 g/mol. The van der Waals surface area contributed by atoms with Gasteiger partial charge in [0.05, 0.1) is 6.61 Å². The molecule has 0 atom stereocenters. The van der Waals surface area contributed by atoms with Crippen molar-refractivity contribution in [1.29, 1.82) is 0 Å². The molecule has 0 aromatic heterocycles. The van der Waals surface area contributed by atoms with Gasteiger partial charge in [-0.15, -0.1) is 0 Å². The molecule has 0 radical (unpaired) electrons. The van der Waals surface area contributed by atoms with Gasteiger partial charge < -0.3 is 24.4 Å². The van der Waals surface area contributed by atoms with Crippen LogP contribution in [0.25, 0.3) is 0 Å². The lowest BCUT2D eigenvalue weighted by atomic mass is 10.0. The second-order valence-electron chi connectivity index (χ2n) is 7.16. The maximum atomic E-state index is 5.80. The maximum absolute atomic E-state index is 5.80. The van der Waals surface area contributed by atoms with Gasteiger partial charge in [-0.05, 0) is 50.9 Å². The highest BCUT2D eigenvalue weighted by molar-refractivity contribution is 5.79. The lowest BCUT2D eigenvalue weighted by molar-refractivity contribution is 0.0205. The first kappa shape index (κ1) is 20.5. The number of hydrogen-bond donors (Lipinski definition) is 1. The van der Waals surface area contributed by atoms with Crippen molar-refractivity contribution in [2.45, 2.75) is 39.0 Å². The molecule has 0 aromatic rings. The molecule has 0 spiro atoms. The number of guanidine groups is 1. The molecule has 6 nitrogen and oxygen atoms in total. The van der Waals surface area contributed by atoms with Gasteiger partial charge in [0.1, 0.15) is 0 Å². The molecule has 0 bridgehead atoms. The van der Waals surface area contributed by atoms with Crippen LogP contribution in [-0.4, -0.2) is 77.2 Å². The topological polar surface area (TPSA) is 55.3 Å². The van der Waals surface area contributed by atoms with Gasteiger partial charge in [0, 0.05) is 59.7 Å². The summed E-state index contributed by atoms with van der Waals surface area (Å²) >= 11 is 0. The summed E-state index contributed by atoms with van der Waals surface area (Å²) in [5.41, 5.74) is 0. The minimum Gasteiger partial charge on any atom is -0.381 e. The van der Waals surface area contributed by atoms with Crippen molar-refractivity contribution in [3.8, 4) is 0 Å². The Labute approximate surface area is 153 Å². The van der Waals surface area contributed by atoms with Gasteiger partial charge >= 0.3 is 0 Å². The van der Waals surface area contributed by atoms with E-state index in [2.05, 4.69) is 24.2 Å². The zero-order valence-electron chi connectivity index (χ0n) is 16.2. The zero-order valence-corrected chi connectivity index (χ0v) is 16.2. The minimum absolute atomic E-state index is 0.677. The fourth-order valence-corrected chi connectivity index (χ4v) is 2.83. The second kappa shape index (κ2) is 12.5. The largest absolute Gasteiger partial charge is 0.381 e. The fourth-order valence-electron chi connectivity index (χ4n) is 2.83. The van der Waals surface area contributed by atoms with Crippen LogP contribution in [0.3, 0.4) is 0 Å². The van der Waals surface area contributed by atoms with Gasteiger partial charge in [0.2, 0.25) is 0 Å². The fraction of sp³-hybridized carbons (Fsp3) is 0.947. The van der Waals surface area contributed by atoms with E-state index in [1.54, 1.807) is 0 Å². The Balaban J connectivity index is 1.53. The van der Waals surface area contributed by atoms with E-state index in [0.717, 1.165) is 90.4 Å². The quantitative estimate of drug-likeness (QED) is 0.330. The van der Waals surface area contributed by atoms with E-state index >= 15 is 0 Å². The molecule has 1 saturated carbocycles. The van der Waals surface area contributed by atoms with Gasteiger partial charge in [0.15, 0.2) is 5.96 Å². The summed E-state index contributed by atoms with van der Waals surface area (Å²) in [6.45, 7) is 9.78. The van der Waals surface area contributed by atoms with E-state index in [9.17, 15) is 0 Å². The molecular formula is C19H37N3O3. The Kier molecular flexibility index (Phi) is 10.2. The van der Waals surface area contributed by atoms with E-state index in [-0.39, 0.29) is 0 Å². The first-order valence-electron chi connectivity index (χ1n) is 10.0. The summed E-state index contributed by atoms with van der Waals surface area (Å²) in [4.78, 5) is 6.85. The molecule has 25 heavy (non-hydrogen) atoms. The van der Waals surface area contributed by atoms with E-state index < -0.39 is 0 Å². The monoisotopic (exact) mass is 355 g/mol. The predicted octanol–water partition coefficient (Wildman–Crippen LogP) is 2.14. The van der Waals surface area contributed by atoms with Crippen LogP contribution in [0.1, 0.15) is 39.0 Å². The summed E-state index contributed by atoms with van der Waals surface area (Å²) in [6.07, 6.45) is 5.92. The zero-order chi connectivity index (χ0) is 17.7. The Morgan fingerprint density at radius 1 is 1.08 bits per heavy atom. The summed E-state index contributed by atoms with van der Waals surface area (Å²) in [5.74, 6) is 2.46. The van der Waals surface area contributed by atoms with Crippen molar-refractivity contribution in [3.05, 3.63) is 0 Å². The van der Waals surface area contributed by atoms with Crippen LogP contribution in [0.5, 0.6) is 0 Å². The first-order chi connectivity index (χ1) is 12.3. The normalized spacial score (nSPS) is 19.2. The third-order valence-corrected chi connectivity index (χ3v) is 4.72. The summed E-state index contributed by atoms with van der Waals surface area (Å²) in [6, 6.07) is 0. The van der Waals surface area contributed by atoms with Crippen molar-refractivity contribution < 1.29 is 14.2 Å². The smallest absolute Gasteiger partial charge is 0.193 e. The molecule has 0 aromatic carbocycles. The van der Waals surface area contributed by atoms with Crippen LogP contribution in [0.4, 0.5) is 0 Å². The number of nitrogens with zero attached hydrogens (tertiary/aromatic N) is 2. The molecule has 2 fully saturated rings. The van der Waals surface area contributed by atoms with Crippen LogP contribution >= 0.6 is 0 Å². The van der Waals surface area contributed by atoms with E-state index in [0.29, 0.717) is 5.92 Å². The van der Waals surface area contributed by atoms with Crippen LogP contribution in [0.2, 0.25) is 0 Å². The van der Waals surface area contributed by atoms with Gasteiger partial charge in [-0.1, -0.05) is 0 Å². The third kappa shape index (κ3) is 9.42. The van der Waals surface area contributed by atoms with Gasteiger partial charge in [-0.2, -0.15) is 0 Å². The van der Waals surface area contributed by atoms with Crippen molar-refractivity contribution in [2.24, 2.45) is 16.8 Å². The summed E-state index contributed by atoms with van der Waals surface area (Å²) in [7, 11) is 2.07. The molecule has 6 heteroatoms. The van der Waals surface area contributed by atoms with Crippen molar-refractivity contribution in [2.75, 3.05) is 66.3 Å². The highest BCUT2D eigenvalue weighted by Crippen LogP contribution is 2.28. The SMILES string of the molecule is CCNC(=NCCCOCC1CCOCC1)N(C)CCOCC1CC1. The summed E-state index contributed by atoms with van der Waals surface area (Å²) < 4.78 is 16.9. The number of aliphatic imine (C=N–C) groups is 1. The number of likely N-dealkylation sites (N-methyl/N-ethyl adjacent to an activating group) is 1. The Hall–Kier alpha value is -0.850. The van der Waals surface area contributed by atoms with Crippen LogP contribution < -0.4 is 5.32 Å². The number of rotatable bonds is 12. The second-order valence-corrected chi connectivity index (χ2v) is 7.16. The molecule has 146 valence electrons. The number of nitrogens with one attached hydrogen (secondary N) is 1. The molecule has 2 rings (SSSR count). The van der Waals surface area contributed by atoms with Gasteiger partial charge in [0.25, 0.3) is 0 Å². The van der Waals surface area contributed by atoms with Crippen molar-refractivity contribution in [3.63, 3.8) is 0 Å². The summed E-state index contributed by atoms with van der Waals surface area (Å²) in [5, 5.41) is 3.35. The van der Waals surface area contributed by atoms with Crippen LogP contribution in [0.15, 0.2) is 4.99 Å². The van der Waals surface area contributed by atoms with Crippen LogP contribution in [-0.2, 0) is 14.2 Å². The van der Waals surface area contributed by atoms with Gasteiger partial charge in [-0.3, -0.25) is 4.99 Å². The third-order valence-electron chi connectivity index (χ3n) is 4.72. The average Bonchev–Trinajstić information content (AvgIpc) is 3.46. The Bertz CT molecular complexity index is 369. The van der Waals surface area contributed by atoms with Crippen molar-refractivity contribution >= 4 is 5.96 Å². The molecular weight excluding hydrogens is 318 g/mol. The lowest BCUT2D eigenvalue weighted by Gasteiger charge is -2.22. The van der Waals surface area contributed by atoms with Crippen LogP contribution in [0, 0.1) is 11.8 Å². The molecule has 1 aliphatic carbocycles. The van der Waals surface area contributed by atoms with Crippen molar-refractivity contribution in [1.82, 2.24) is 10.2 Å².